The second kappa shape index (κ2) is 9.23. The van der Waals surface area contributed by atoms with Gasteiger partial charge in [-0.25, -0.2) is 4.98 Å². The van der Waals surface area contributed by atoms with Crippen molar-refractivity contribution < 1.29 is 4.92 Å². The van der Waals surface area contributed by atoms with Crippen molar-refractivity contribution in [1.82, 2.24) is 19.9 Å². The molecule has 8 heteroatoms. The van der Waals surface area contributed by atoms with E-state index in [0.29, 0.717) is 30.3 Å². The van der Waals surface area contributed by atoms with Crippen LogP contribution in [0.2, 0.25) is 0 Å². The van der Waals surface area contributed by atoms with E-state index in [1.165, 1.54) is 25.3 Å². The lowest BCUT2D eigenvalue weighted by Crippen LogP contribution is -2.36. The van der Waals surface area contributed by atoms with Gasteiger partial charge in [-0.3, -0.25) is 24.8 Å². The van der Waals surface area contributed by atoms with E-state index < -0.39 is 4.92 Å². The van der Waals surface area contributed by atoms with E-state index >= 15 is 0 Å². The van der Waals surface area contributed by atoms with Crippen LogP contribution in [0.3, 0.4) is 0 Å². The molecule has 1 fully saturated rings. The van der Waals surface area contributed by atoms with Crippen molar-refractivity contribution in [2.24, 2.45) is 0 Å². The van der Waals surface area contributed by atoms with Crippen LogP contribution >= 0.6 is 0 Å². The van der Waals surface area contributed by atoms with Gasteiger partial charge in [-0.2, -0.15) is 0 Å². The fourth-order valence-corrected chi connectivity index (χ4v) is 4.94. The first kappa shape index (κ1) is 21.5. The van der Waals surface area contributed by atoms with E-state index in [9.17, 15) is 14.9 Å². The minimum atomic E-state index is -0.399. The molecule has 0 bridgehead atoms. The van der Waals surface area contributed by atoms with Crippen LogP contribution in [0.15, 0.2) is 47.3 Å². The van der Waals surface area contributed by atoms with Crippen LogP contribution in [0.4, 0.5) is 5.69 Å². The third-order valence-electron chi connectivity index (χ3n) is 6.70. The number of nitro benzene ring substituents is 1. The number of non-ortho nitro benzene ring substituents is 1. The van der Waals surface area contributed by atoms with E-state index in [1.807, 2.05) is 24.3 Å². The zero-order valence-corrected chi connectivity index (χ0v) is 18.5. The highest BCUT2D eigenvalue weighted by Crippen LogP contribution is 2.31. The molecule has 0 unspecified atom stereocenters. The Morgan fingerprint density at radius 2 is 1.91 bits per heavy atom. The van der Waals surface area contributed by atoms with Gasteiger partial charge in [-0.15, -0.1) is 0 Å². The molecule has 33 heavy (non-hydrogen) atoms. The zero-order chi connectivity index (χ0) is 22.8. The fourth-order valence-electron chi connectivity index (χ4n) is 4.94. The minimum Gasteiger partial charge on any atom is -0.310 e. The van der Waals surface area contributed by atoms with E-state index in [4.69, 9.17) is 9.97 Å². The largest absolute Gasteiger partial charge is 0.310 e. The summed E-state index contributed by atoms with van der Waals surface area (Å²) >= 11 is 0. The summed E-state index contributed by atoms with van der Waals surface area (Å²) in [5.74, 6) is 1.26. The number of nitro groups is 1. The number of pyridine rings is 1. The molecule has 1 saturated carbocycles. The Balaban J connectivity index is 1.32. The van der Waals surface area contributed by atoms with Crippen molar-refractivity contribution in [3.8, 4) is 11.3 Å². The Morgan fingerprint density at radius 1 is 1.09 bits per heavy atom. The summed E-state index contributed by atoms with van der Waals surface area (Å²) in [7, 11) is 0. The molecule has 0 spiro atoms. The average molecular weight is 446 g/mol. The second-order valence-electron chi connectivity index (χ2n) is 8.99. The molecule has 0 amide bonds. The Labute approximate surface area is 191 Å². The van der Waals surface area contributed by atoms with Crippen LogP contribution in [0.1, 0.15) is 60.8 Å². The first-order valence-corrected chi connectivity index (χ1v) is 11.6. The summed E-state index contributed by atoms with van der Waals surface area (Å²) in [6.45, 7) is 1.97. The van der Waals surface area contributed by atoms with Gasteiger partial charge in [-0.05, 0) is 25.0 Å². The Bertz CT molecular complexity index is 1230. The fraction of sp³-hybridized carbons (Fsp3) is 0.400. The molecule has 1 aliphatic heterocycles. The predicted molar refractivity (Wildman–Crippen MR) is 125 cm³/mol. The number of rotatable bonds is 5. The van der Waals surface area contributed by atoms with E-state index in [1.54, 1.807) is 12.1 Å². The minimum absolute atomic E-state index is 0.0106. The highest BCUT2D eigenvalue weighted by molar-refractivity contribution is 5.62. The van der Waals surface area contributed by atoms with Crippen molar-refractivity contribution >= 4 is 5.69 Å². The molecule has 1 aromatic carbocycles. The van der Waals surface area contributed by atoms with Crippen molar-refractivity contribution in [2.75, 3.05) is 6.54 Å². The van der Waals surface area contributed by atoms with Crippen LogP contribution < -0.4 is 5.56 Å². The van der Waals surface area contributed by atoms with Gasteiger partial charge >= 0.3 is 0 Å². The Kier molecular flexibility index (Phi) is 6.00. The molecule has 0 atom stereocenters. The first-order chi connectivity index (χ1) is 16.1. The molecule has 1 aliphatic carbocycles. The number of fused-ring (bicyclic) bond motifs is 1. The van der Waals surface area contributed by atoms with Gasteiger partial charge in [0.15, 0.2) is 0 Å². The second-order valence-corrected chi connectivity index (χ2v) is 8.99. The summed E-state index contributed by atoms with van der Waals surface area (Å²) in [6, 6.07) is 12.2. The predicted octanol–water partition coefficient (Wildman–Crippen LogP) is 4.35. The van der Waals surface area contributed by atoms with Gasteiger partial charge in [0.05, 0.1) is 27.6 Å². The number of H-pyrrole nitrogens is 1. The van der Waals surface area contributed by atoms with Crippen LogP contribution in [-0.2, 0) is 19.5 Å². The summed E-state index contributed by atoms with van der Waals surface area (Å²) in [5, 5.41) is 11.1. The molecule has 2 aliphatic rings. The smallest absolute Gasteiger partial charge is 0.270 e. The Hall–Kier alpha value is -3.39. The summed E-state index contributed by atoms with van der Waals surface area (Å²) < 4.78 is 0. The number of nitrogens with zero attached hydrogens (tertiary/aromatic N) is 4. The molecule has 8 nitrogen and oxygen atoms in total. The van der Waals surface area contributed by atoms with Crippen molar-refractivity contribution in [1.29, 1.82) is 0 Å². The molecule has 0 radical (unpaired) electrons. The maximum absolute atomic E-state index is 12.9. The van der Waals surface area contributed by atoms with Crippen LogP contribution in [0, 0.1) is 10.1 Å². The quantitative estimate of drug-likeness (QED) is 0.462. The molecule has 5 rings (SSSR count). The SMILES string of the molecule is O=c1[nH]c(C2CCCCC2)nc2c1CN(Cc1cccc(-c3cccc([N+](=O)[O-])c3)n1)CC2. The van der Waals surface area contributed by atoms with Crippen molar-refractivity contribution in [3.05, 3.63) is 85.7 Å². The molecule has 2 aromatic heterocycles. The van der Waals surface area contributed by atoms with E-state index in [0.717, 1.165) is 48.6 Å². The lowest BCUT2D eigenvalue weighted by atomic mass is 9.88. The standard InChI is InChI=1S/C25H27N5O3/c31-25-21-16-29(13-12-23(21)27-24(28-25)17-6-2-1-3-7-17)15-19-9-5-11-22(26-19)18-8-4-10-20(14-18)30(32)33/h4-5,8-11,14,17H,1-3,6-7,12-13,15-16H2,(H,27,28,31). The van der Waals surface area contributed by atoms with E-state index in [2.05, 4.69) is 9.88 Å². The third kappa shape index (κ3) is 4.71. The molecule has 170 valence electrons. The lowest BCUT2D eigenvalue weighted by Gasteiger charge is -2.28. The number of hydrogen-bond acceptors (Lipinski definition) is 6. The average Bonchev–Trinajstić information content (AvgIpc) is 2.85. The monoisotopic (exact) mass is 445 g/mol. The normalized spacial score (nSPS) is 17.0. The molecule has 1 N–H and O–H groups in total. The summed E-state index contributed by atoms with van der Waals surface area (Å²) in [5.41, 5.74) is 4.02. The van der Waals surface area contributed by atoms with Gasteiger partial charge in [0.25, 0.3) is 11.2 Å². The van der Waals surface area contributed by atoms with E-state index in [-0.39, 0.29) is 11.2 Å². The van der Waals surface area contributed by atoms with Crippen LogP contribution in [-0.4, -0.2) is 31.3 Å². The summed E-state index contributed by atoms with van der Waals surface area (Å²) in [6.07, 6.45) is 6.67. The number of nitrogens with one attached hydrogen (secondary N) is 1. The van der Waals surface area contributed by atoms with Gasteiger partial charge in [-0.1, -0.05) is 37.5 Å². The van der Waals surface area contributed by atoms with Crippen molar-refractivity contribution in [3.63, 3.8) is 0 Å². The molecule has 0 saturated heterocycles. The van der Waals surface area contributed by atoms with Crippen molar-refractivity contribution in [2.45, 2.75) is 57.5 Å². The summed E-state index contributed by atoms with van der Waals surface area (Å²) in [4.78, 5) is 38.4. The molecule has 3 aromatic rings. The third-order valence-corrected chi connectivity index (χ3v) is 6.70. The molecule has 3 heterocycles. The van der Waals surface area contributed by atoms with Gasteiger partial charge in [0.2, 0.25) is 0 Å². The topological polar surface area (TPSA) is 105 Å². The lowest BCUT2D eigenvalue weighted by molar-refractivity contribution is -0.384. The highest BCUT2D eigenvalue weighted by atomic mass is 16.6. The zero-order valence-electron chi connectivity index (χ0n) is 18.5. The van der Waals surface area contributed by atoms with Crippen LogP contribution in [0.5, 0.6) is 0 Å². The Morgan fingerprint density at radius 3 is 2.73 bits per heavy atom. The highest BCUT2D eigenvalue weighted by Gasteiger charge is 2.24. The molecular weight excluding hydrogens is 418 g/mol. The molecular formula is C25H27N5O3. The van der Waals surface area contributed by atoms with Crippen LogP contribution in [0.25, 0.3) is 11.3 Å². The maximum atomic E-state index is 12.9. The number of hydrogen-bond donors (Lipinski definition) is 1. The first-order valence-electron chi connectivity index (χ1n) is 11.6. The maximum Gasteiger partial charge on any atom is 0.270 e. The number of aromatic amines is 1. The van der Waals surface area contributed by atoms with Gasteiger partial charge in [0, 0.05) is 49.7 Å². The van der Waals surface area contributed by atoms with Gasteiger partial charge < -0.3 is 4.98 Å². The van der Waals surface area contributed by atoms with Gasteiger partial charge in [0.1, 0.15) is 5.82 Å². The number of benzene rings is 1. The number of aromatic nitrogens is 3.